The van der Waals surface area contributed by atoms with E-state index in [-0.39, 0.29) is 18.2 Å². The molecule has 1 heterocycles. The predicted octanol–water partition coefficient (Wildman–Crippen LogP) is 3.94. The molecule has 1 saturated heterocycles. The van der Waals surface area contributed by atoms with E-state index in [1.807, 2.05) is 6.07 Å². The first-order chi connectivity index (χ1) is 15.0. The van der Waals surface area contributed by atoms with Crippen LogP contribution in [0.4, 0.5) is 16.2 Å². The molecular weight excluding hydrogens is 392 g/mol. The summed E-state index contributed by atoms with van der Waals surface area (Å²) in [6.07, 6.45) is 12.1. The molecule has 168 valence electrons. The van der Waals surface area contributed by atoms with Crippen LogP contribution in [0.5, 0.6) is 0 Å². The molecule has 1 aliphatic heterocycles. The molecule has 0 unspecified atom stereocenters. The maximum atomic E-state index is 12.3. The summed E-state index contributed by atoms with van der Waals surface area (Å²) in [5.74, 6) is -0.264. The molecule has 3 fully saturated rings. The fraction of sp³-hybridized carbons (Fsp3) is 0.625. The Morgan fingerprint density at radius 2 is 1.94 bits per heavy atom. The topological polar surface area (TPSA) is 90.5 Å². The van der Waals surface area contributed by atoms with Crippen molar-refractivity contribution in [1.29, 1.82) is 0 Å². The van der Waals surface area contributed by atoms with E-state index in [1.54, 1.807) is 18.2 Å². The quantitative estimate of drug-likeness (QED) is 0.494. The summed E-state index contributed by atoms with van der Waals surface area (Å²) >= 11 is 0. The number of nitrogens with one attached hydrogen (secondary N) is 3. The maximum absolute atomic E-state index is 12.3. The number of carbonyl (C=O) groups is 3. The van der Waals surface area contributed by atoms with Gasteiger partial charge in [-0.1, -0.05) is 25.3 Å². The average molecular weight is 427 g/mol. The van der Waals surface area contributed by atoms with Crippen molar-refractivity contribution in [2.45, 2.75) is 76.7 Å². The van der Waals surface area contributed by atoms with Gasteiger partial charge in [-0.25, -0.2) is 4.79 Å². The van der Waals surface area contributed by atoms with Crippen LogP contribution in [0.25, 0.3) is 0 Å². The highest BCUT2D eigenvalue weighted by atomic mass is 16.2. The van der Waals surface area contributed by atoms with Gasteiger partial charge in [-0.3, -0.25) is 19.8 Å². The van der Waals surface area contributed by atoms with Crippen molar-refractivity contribution in [2.75, 3.05) is 23.3 Å². The second-order valence-electron chi connectivity index (χ2n) is 9.43. The van der Waals surface area contributed by atoms with Crippen LogP contribution in [0.15, 0.2) is 24.3 Å². The van der Waals surface area contributed by atoms with Crippen molar-refractivity contribution in [2.24, 2.45) is 5.41 Å². The van der Waals surface area contributed by atoms with Gasteiger partial charge in [-0.15, -0.1) is 0 Å². The normalized spacial score (nSPS) is 20.2. The van der Waals surface area contributed by atoms with Gasteiger partial charge in [0.15, 0.2) is 0 Å². The molecule has 1 aromatic rings. The maximum Gasteiger partial charge on any atom is 0.328 e. The number of unbranched alkanes of at least 4 members (excludes halogenated alkanes) is 3. The van der Waals surface area contributed by atoms with Gasteiger partial charge >= 0.3 is 6.03 Å². The highest BCUT2D eigenvalue weighted by molar-refractivity contribution is 6.05. The molecule has 0 bridgehead atoms. The van der Waals surface area contributed by atoms with Gasteiger partial charge in [-0.05, 0) is 68.7 Å². The molecule has 31 heavy (non-hydrogen) atoms. The second-order valence-corrected chi connectivity index (χ2v) is 9.43. The smallest absolute Gasteiger partial charge is 0.326 e. The summed E-state index contributed by atoms with van der Waals surface area (Å²) in [6.45, 7) is 1.44. The van der Waals surface area contributed by atoms with E-state index in [2.05, 4.69) is 16.0 Å². The van der Waals surface area contributed by atoms with Crippen molar-refractivity contribution in [1.82, 2.24) is 10.6 Å². The van der Waals surface area contributed by atoms with Crippen LogP contribution in [0.2, 0.25) is 0 Å². The van der Waals surface area contributed by atoms with Crippen LogP contribution in [-0.2, 0) is 9.59 Å². The SMILES string of the molecule is O=C1CCN(c2cccc(NC(=O)CCCCCCNC3CC4(CCC4)C3)c2)C(=O)N1. The summed E-state index contributed by atoms with van der Waals surface area (Å²) in [5.41, 5.74) is 2.08. The van der Waals surface area contributed by atoms with Crippen LogP contribution in [0, 0.1) is 5.41 Å². The molecule has 2 aliphatic carbocycles. The minimum atomic E-state index is -0.422. The fourth-order valence-electron chi connectivity index (χ4n) is 5.07. The molecule has 7 heteroatoms. The molecule has 3 aliphatic rings. The number of benzene rings is 1. The minimum absolute atomic E-state index is 0.00573. The number of urea groups is 1. The zero-order valence-corrected chi connectivity index (χ0v) is 18.3. The van der Waals surface area contributed by atoms with Crippen LogP contribution < -0.4 is 20.9 Å². The second kappa shape index (κ2) is 9.81. The third-order valence-corrected chi connectivity index (χ3v) is 7.03. The molecule has 7 nitrogen and oxygen atoms in total. The molecule has 4 amide bonds. The molecule has 1 spiro atoms. The van der Waals surface area contributed by atoms with Gasteiger partial charge in [0.05, 0.1) is 0 Å². The molecule has 0 radical (unpaired) electrons. The van der Waals surface area contributed by atoms with Crippen molar-refractivity contribution < 1.29 is 14.4 Å². The average Bonchev–Trinajstić information content (AvgIpc) is 2.67. The summed E-state index contributed by atoms with van der Waals surface area (Å²) in [7, 11) is 0. The molecule has 1 aromatic carbocycles. The highest BCUT2D eigenvalue weighted by Crippen LogP contribution is 2.55. The highest BCUT2D eigenvalue weighted by Gasteiger charge is 2.47. The lowest BCUT2D eigenvalue weighted by atomic mass is 9.54. The van der Waals surface area contributed by atoms with E-state index in [1.165, 1.54) is 43.4 Å². The van der Waals surface area contributed by atoms with E-state index >= 15 is 0 Å². The Bertz CT molecular complexity index is 813. The number of carbonyl (C=O) groups excluding carboxylic acids is 3. The lowest BCUT2D eigenvalue weighted by Crippen LogP contribution is -2.52. The lowest BCUT2D eigenvalue weighted by molar-refractivity contribution is -0.120. The van der Waals surface area contributed by atoms with Gasteiger partial charge in [0.2, 0.25) is 11.8 Å². The van der Waals surface area contributed by atoms with Gasteiger partial charge in [0.25, 0.3) is 0 Å². The van der Waals surface area contributed by atoms with Crippen molar-refractivity contribution in [3.05, 3.63) is 24.3 Å². The zero-order chi connectivity index (χ0) is 21.7. The fourth-order valence-corrected chi connectivity index (χ4v) is 5.07. The molecule has 3 N–H and O–H groups in total. The Morgan fingerprint density at radius 3 is 2.68 bits per heavy atom. The molecule has 0 atom stereocenters. The van der Waals surface area contributed by atoms with E-state index in [0.29, 0.717) is 24.3 Å². The van der Waals surface area contributed by atoms with Crippen LogP contribution in [-0.4, -0.2) is 37.0 Å². The number of rotatable bonds is 10. The van der Waals surface area contributed by atoms with Crippen molar-refractivity contribution in [3.63, 3.8) is 0 Å². The van der Waals surface area contributed by atoms with Crippen LogP contribution >= 0.6 is 0 Å². The number of amides is 4. The number of hydrogen-bond acceptors (Lipinski definition) is 4. The zero-order valence-electron chi connectivity index (χ0n) is 18.3. The van der Waals surface area contributed by atoms with Gasteiger partial charge in [0.1, 0.15) is 0 Å². The Hall–Kier alpha value is -2.41. The Morgan fingerprint density at radius 1 is 1.13 bits per heavy atom. The van der Waals surface area contributed by atoms with Crippen molar-refractivity contribution >= 4 is 29.2 Å². The monoisotopic (exact) mass is 426 g/mol. The van der Waals surface area contributed by atoms with E-state index in [9.17, 15) is 14.4 Å². The summed E-state index contributed by atoms with van der Waals surface area (Å²) in [4.78, 5) is 37.1. The van der Waals surface area contributed by atoms with Crippen LogP contribution in [0.3, 0.4) is 0 Å². The first-order valence-electron chi connectivity index (χ1n) is 11.8. The van der Waals surface area contributed by atoms with Crippen LogP contribution in [0.1, 0.15) is 70.6 Å². The third-order valence-electron chi connectivity index (χ3n) is 7.03. The summed E-state index contributed by atoms with van der Waals surface area (Å²) in [6, 6.07) is 7.51. The Kier molecular flexibility index (Phi) is 6.90. The van der Waals surface area contributed by atoms with Gasteiger partial charge < -0.3 is 10.6 Å². The molecule has 4 rings (SSSR count). The minimum Gasteiger partial charge on any atom is -0.326 e. The van der Waals surface area contributed by atoms with Gasteiger partial charge in [-0.2, -0.15) is 0 Å². The molecule has 2 saturated carbocycles. The standard InChI is InChI=1S/C24H34N4O3/c29-21(9-3-1-2-4-13-25-19-16-24(17-19)11-6-12-24)26-18-7-5-8-20(15-18)28-14-10-22(30)27-23(28)31/h5,7-8,15,19,25H,1-4,6,9-14,16-17H2,(H,26,29)(H,27,30,31). The largest absolute Gasteiger partial charge is 0.328 e. The first-order valence-corrected chi connectivity index (χ1v) is 11.8. The first kappa shape index (κ1) is 21.8. The molecule has 0 aromatic heterocycles. The third kappa shape index (κ3) is 5.64. The van der Waals surface area contributed by atoms with Crippen molar-refractivity contribution in [3.8, 4) is 0 Å². The number of anilines is 2. The number of hydrogen-bond donors (Lipinski definition) is 3. The summed E-state index contributed by atoms with van der Waals surface area (Å²) in [5, 5.41) is 8.92. The lowest BCUT2D eigenvalue weighted by Gasteiger charge is -2.54. The van der Waals surface area contributed by atoms with E-state index in [0.717, 1.165) is 37.3 Å². The Labute approximate surface area is 184 Å². The predicted molar refractivity (Wildman–Crippen MR) is 121 cm³/mol. The number of imide groups is 1. The number of nitrogens with zero attached hydrogens (tertiary/aromatic N) is 1. The van der Waals surface area contributed by atoms with E-state index < -0.39 is 6.03 Å². The Balaban J connectivity index is 1.08. The molecular formula is C24H34N4O3. The van der Waals surface area contributed by atoms with E-state index in [4.69, 9.17) is 0 Å². The summed E-state index contributed by atoms with van der Waals surface area (Å²) < 4.78 is 0. The van der Waals surface area contributed by atoms with Gasteiger partial charge in [0, 0.05) is 36.8 Å².